The van der Waals surface area contributed by atoms with Crippen LogP contribution >= 0.6 is 0 Å². The van der Waals surface area contributed by atoms with Gasteiger partial charge >= 0.3 is 5.97 Å². The second-order valence-corrected chi connectivity index (χ2v) is 2.04. The minimum Gasteiger partial charge on any atom is -0.481 e. The maximum absolute atomic E-state index is 10.2. The molecule has 0 amide bonds. The summed E-state index contributed by atoms with van der Waals surface area (Å²) >= 11 is 0. The first-order valence-corrected chi connectivity index (χ1v) is 3.20. The summed E-state index contributed by atoms with van der Waals surface area (Å²) in [5.41, 5.74) is 0. The Bertz CT molecular complexity index is 157. The summed E-state index contributed by atoms with van der Waals surface area (Å²) < 4.78 is 0. The normalized spacial score (nSPS) is 14.6. The molecule has 10 heavy (non-hydrogen) atoms. The molecule has 0 spiro atoms. The van der Waals surface area contributed by atoms with E-state index < -0.39 is 11.9 Å². The predicted molar refractivity (Wildman–Crippen MR) is 40.8 cm³/mol. The van der Waals surface area contributed by atoms with Crippen LogP contribution in [0.3, 0.4) is 0 Å². The number of rotatable bonds is 3. The Balaban J connectivity index is 3.77. The first-order chi connectivity index (χ1) is 4.68. The van der Waals surface area contributed by atoms with Gasteiger partial charge in [-0.05, 0) is 13.8 Å². The standard InChI is InChI=1S/C8H12O2/c1-3-4-5-6-7(2)8(9)10/h3-7H,1-2H3,(H,9,10). The Morgan fingerprint density at radius 2 is 2.10 bits per heavy atom. The van der Waals surface area contributed by atoms with Crippen LogP contribution in [0.1, 0.15) is 13.8 Å². The maximum atomic E-state index is 10.2. The highest BCUT2D eigenvalue weighted by atomic mass is 16.4. The van der Waals surface area contributed by atoms with Crippen LogP contribution in [0.2, 0.25) is 0 Å². The Labute approximate surface area is 60.9 Å². The molecule has 0 heterocycles. The monoisotopic (exact) mass is 140 g/mol. The van der Waals surface area contributed by atoms with Gasteiger partial charge in [0.2, 0.25) is 0 Å². The van der Waals surface area contributed by atoms with Gasteiger partial charge in [-0.15, -0.1) is 0 Å². The lowest BCUT2D eigenvalue weighted by Gasteiger charge is -1.94. The smallest absolute Gasteiger partial charge is 0.310 e. The Morgan fingerprint density at radius 3 is 2.50 bits per heavy atom. The van der Waals surface area contributed by atoms with Crippen molar-refractivity contribution in [1.82, 2.24) is 0 Å². The van der Waals surface area contributed by atoms with E-state index in [1.165, 1.54) is 0 Å². The van der Waals surface area contributed by atoms with E-state index in [9.17, 15) is 4.79 Å². The van der Waals surface area contributed by atoms with E-state index in [4.69, 9.17) is 5.11 Å². The number of aliphatic carboxylic acids is 1. The van der Waals surface area contributed by atoms with Gasteiger partial charge in [0.1, 0.15) is 0 Å². The Morgan fingerprint density at radius 1 is 1.50 bits per heavy atom. The lowest BCUT2D eigenvalue weighted by molar-refractivity contribution is -0.139. The van der Waals surface area contributed by atoms with Gasteiger partial charge in [0.15, 0.2) is 0 Å². The van der Waals surface area contributed by atoms with Crippen LogP contribution < -0.4 is 0 Å². The molecule has 0 aromatic heterocycles. The molecular formula is C8H12O2. The average Bonchev–Trinajstić information content (AvgIpc) is 1.88. The molecule has 1 N–H and O–H groups in total. The first-order valence-electron chi connectivity index (χ1n) is 3.20. The highest BCUT2D eigenvalue weighted by Gasteiger charge is 2.03. The average molecular weight is 140 g/mol. The lowest BCUT2D eigenvalue weighted by Crippen LogP contribution is -2.05. The number of allylic oxidation sites excluding steroid dienone is 3. The third kappa shape index (κ3) is 3.89. The molecule has 0 aromatic rings. The van der Waals surface area contributed by atoms with Gasteiger partial charge < -0.3 is 5.11 Å². The molecule has 2 nitrogen and oxygen atoms in total. The molecule has 0 radical (unpaired) electrons. The summed E-state index contributed by atoms with van der Waals surface area (Å²) in [7, 11) is 0. The summed E-state index contributed by atoms with van der Waals surface area (Å²) in [6.45, 7) is 3.53. The summed E-state index contributed by atoms with van der Waals surface area (Å²) in [6, 6.07) is 0. The molecule has 0 aliphatic carbocycles. The number of hydrogen-bond donors (Lipinski definition) is 1. The number of carbonyl (C=O) groups is 1. The van der Waals surface area contributed by atoms with Crippen molar-refractivity contribution >= 4 is 5.97 Å². The van der Waals surface area contributed by atoms with Crippen molar-refractivity contribution in [2.24, 2.45) is 5.92 Å². The molecule has 0 fully saturated rings. The molecule has 0 aliphatic heterocycles. The number of carboxylic acid groups (broad SMARTS) is 1. The fourth-order valence-electron chi connectivity index (χ4n) is 0.424. The molecule has 2 heteroatoms. The zero-order valence-electron chi connectivity index (χ0n) is 6.24. The molecule has 0 bridgehead atoms. The topological polar surface area (TPSA) is 37.3 Å². The van der Waals surface area contributed by atoms with Crippen molar-refractivity contribution in [1.29, 1.82) is 0 Å². The van der Waals surface area contributed by atoms with Gasteiger partial charge in [-0.3, -0.25) is 4.79 Å². The highest BCUT2D eigenvalue weighted by Crippen LogP contribution is 1.96. The minimum absolute atomic E-state index is 0.392. The van der Waals surface area contributed by atoms with Crippen LogP contribution in [0.25, 0.3) is 0 Å². The van der Waals surface area contributed by atoms with Crippen molar-refractivity contribution in [3.63, 3.8) is 0 Å². The van der Waals surface area contributed by atoms with Crippen LogP contribution in [-0.4, -0.2) is 11.1 Å². The predicted octanol–water partition coefficient (Wildman–Crippen LogP) is 1.84. The van der Waals surface area contributed by atoms with E-state index in [1.807, 2.05) is 13.0 Å². The minimum atomic E-state index is -0.791. The van der Waals surface area contributed by atoms with Crippen LogP contribution in [-0.2, 0) is 4.79 Å². The summed E-state index contributed by atoms with van der Waals surface area (Å²) in [5, 5.41) is 8.41. The Kier molecular flexibility index (Phi) is 4.29. The number of hydrogen-bond acceptors (Lipinski definition) is 1. The Hall–Kier alpha value is -1.05. The van der Waals surface area contributed by atoms with Gasteiger partial charge in [0.25, 0.3) is 0 Å². The van der Waals surface area contributed by atoms with Crippen LogP contribution in [0.4, 0.5) is 0 Å². The molecule has 0 saturated heterocycles. The van der Waals surface area contributed by atoms with E-state index in [-0.39, 0.29) is 0 Å². The number of carboxylic acids is 1. The molecule has 0 saturated carbocycles. The molecule has 0 aliphatic rings. The summed E-state index contributed by atoms with van der Waals surface area (Å²) in [5.74, 6) is -1.18. The van der Waals surface area contributed by atoms with Crippen molar-refractivity contribution in [3.05, 3.63) is 24.3 Å². The van der Waals surface area contributed by atoms with Crippen molar-refractivity contribution < 1.29 is 9.90 Å². The fraction of sp³-hybridized carbons (Fsp3) is 0.375. The van der Waals surface area contributed by atoms with E-state index in [0.717, 1.165) is 0 Å². The third-order valence-corrected chi connectivity index (χ3v) is 1.09. The third-order valence-electron chi connectivity index (χ3n) is 1.09. The molecule has 1 atom stereocenters. The summed E-state index contributed by atoms with van der Waals surface area (Å²) in [6.07, 6.45) is 7.03. The quantitative estimate of drug-likeness (QED) is 0.607. The van der Waals surface area contributed by atoms with Gasteiger partial charge in [-0.1, -0.05) is 24.3 Å². The first kappa shape index (κ1) is 8.95. The van der Waals surface area contributed by atoms with Crippen LogP contribution in [0.5, 0.6) is 0 Å². The zero-order valence-corrected chi connectivity index (χ0v) is 6.24. The van der Waals surface area contributed by atoms with Crippen molar-refractivity contribution in [3.8, 4) is 0 Å². The van der Waals surface area contributed by atoms with Gasteiger partial charge in [0, 0.05) is 0 Å². The second kappa shape index (κ2) is 4.79. The fourth-order valence-corrected chi connectivity index (χ4v) is 0.424. The largest absolute Gasteiger partial charge is 0.481 e. The highest BCUT2D eigenvalue weighted by molar-refractivity contribution is 5.71. The van der Waals surface area contributed by atoms with Gasteiger partial charge in [-0.2, -0.15) is 0 Å². The lowest BCUT2D eigenvalue weighted by atomic mass is 10.2. The molecule has 0 rings (SSSR count). The summed E-state index contributed by atoms with van der Waals surface area (Å²) in [4.78, 5) is 10.2. The maximum Gasteiger partial charge on any atom is 0.310 e. The molecule has 0 aromatic carbocycles. The van der Waals surface area contributed by atoms with Crippen molar-refractivity contribution in [2.45, 2.75) is 13.8 Å². The van der Waals surface area contributed by atoms with E-state index in [0.29, 0.717) is 0 Å². The molecule has 56 valence electrons. The van der Waals surface area contributed by atoms with E-state index >= 15 is 0 Å². The SMILES string of the molecule is CC=CC=CC(C)C(=O)O. The van der Waals surface area contributed by atoms with Crippen LogP contribution in [0, 0.1) is 5.92 Å². The van der Waals surface area contributed by atoms with E-state index in [2.05, 4.69) is 0 Å². The van der Waals surface area contributed by atoms with Crippen molar-refractivity contribution in [2.75, 3.05) is 0 Å². The van der Waals surface area contributed by atoms with E-state index in [1.54, 1.807) is 25.2 Å². The molecular weight excluding hydrogens is 128 g/mol. The second-order valence-electron chi connectivity index (χ2n) is 2.04. The van der Waals surface area contributed by atoms with Crippen LogP contribution in [0.15, 0.2) is 24.3 Å². The zero-order chi connectivity index (χ0) is 7.98. The molecule has 1 unspecified atom stereocenters. The van der Waals surface area contributed by atoms with Gasteiger partial charge in [-0.25, -0.2) is 0 Å². The van der Waals surface area contributed by atoms with Gasteiger partial charge in [0.05, 0.1) is 5.92 Å².